The zero-order chi connectivity index (χ0) is 12.7. The van der Waals surface area contributed by atoms with E-state index in [2.05, 4.69) is 4.90 Å². The van der Waals surface area contributed by atoms with Crippen LogP contribution in [0.4, 0.5) is 0 Å². The van der Waals surface area contributed by atoms with E-state index in [1.807, 2.05) is 0 Å². The van der Waals surface area contributed by atoms with Gasteiger partial charge in [0.1, 0.15) is 0 Å². The molecular weight excluding hydrogens is 265 g/mol. The van der Waals surface area contributed by atoms with E-state index in [1.165, 1.54) is 5.54 Å². The fourth-order valence-corrected chi connectivity index (χ4v) is 2.03. The first kappa shape index (κ1) is 14.8. The van der Waals surface area contributed by atoms with Crippen molar-refractivity contribution in [3.05, 3.63) is 10.6 Å². The highest BCUT2D eigenvalue weighted by Crippen LogP contribution is 2.16. The topological polar surface area (TPSA) is 49.8 Å². The number of hydrogen-bond acceptors (Lipinski definition) is 3. The van der Waals surface area contributed by atoms with Crippen molar-refractivity contribution in [1.82, 2.24) is 4.90 Å². The summed E-state index contributed by atoms with van der Waals surface area (Å²) in [4.78, 5) is 12.5. The fourth-order valence-electron chi connectivity index (χ4n) is 1.80. The molecule has 1 fully saturated rings. The Labute approximate surface area is 111 Å². The number of piperidine rings is 1. The molecule has 1 aliphatic heterocycles. The zero-order valence-electron chi connectivity index (χ0n) is 9.57. The quantitative estimate of drug-likeness (QED) is 0.812. The monoisotopic (exact) mass is 281 g/mol. The Hall–Kier alpha value is -0.290. The molecule has 0 aromatic rings. The van der Waals surface area contributed by atoms with Gasteiger partial charge in [-0.1, -0.05) is 23.2 Å². The molecule has 98 valence electrons. The first-order valence-electron chi connectivity index (χ1n) is 5.62. The van der Waals surface area contributed by atoms with Gasteiger partial charge in [-0.3, -0.25) is 9.69 Å². The normalized spacial score (nSPS) is 19.5. The third-order valence-electron chi connectivity index (χ3n) is 2.70. The van der Waals surface area contributed by atoms with Crippen molar-refractivity contribution < 1.29 is 14.6 Å². The molecule has 17 heavy (non-hydrogen) atoms. The van der Waals surface area contributed by atoms with Crippen LogP contribution in [0.1, 0.15) is 19.3 Å². The van der Waals surface area contributed by atoms with Gasteiger partial charge in [0.25, 0.3) is 0 Å². The van der Waals surface area contributed by atoms with Gasteiger partial charge in [0.2, 0.25) is 0 Å². The van der Waals surface area contributed by atoms with Gasteiger partial charge in [-0.25, -0.2) is 0 Å². The molecule has 0 aromatic heterocycles. The van der Waals surface area contributed by atoms with Gasteiger partial charge in [-0.05, 0) is 12.8 Å². The molecule has 4 nitrogen and oxygen atoms in total. The number of carboxylic acids is 1. The molecule has 0 bridgehead atoms. The lowest BCUT2D eigenvalue weighted by Gasteiger charge is -2.31. The Bertz CT molecular complexity index is 276. The summed E-state index contributed by atoms with van der Waals surface area (Å²) in [6.45, 7) is 2.77. The lowest BCUT2D eigenvalue weighted by Crippen LogP contribution is -2.37. The maximum absolute atomic E-state index is 10.3. The van der Waals surface area contributed by atoms with E-state index in [-0.39, 0.29) is 12.5 Å². The van der Waals surface area contributed by atoms with E-state index < -0.39 is 5.97 Å². The van der Waals surface area contributed by atoms with E-state index >= 15 is 0 Å². The predicted octanol–water partition coefficient (Wildman–Crippen LogP) is 2.26. The Kier molecular flexibility index (Phi) is 6.89. The molecule has 1 rings (SSSR count). The van der Waals surface area contributed by atoms with Crippen molar-refractivity contribution in [3.8, 4) is 0 Å². The average molecular weight is 282 g/mol. The van der Waals surface area contributed by atoms with Gasteiger partial charge in [0, 0.05) is 30.2 Å². The first-order chi connectivity index (χ1) is 8.11. The fraction of sp³-hybridized carbons (Fsp3) is 0.727. The summed E-state index contributed by atoms with van der Waals surface area (Å²) in [5.41, 5.74) is 1.39. The van der Waals surface area contributed by atoms with Crippen LogP contribution in [0.2, 0.25) is 0 Å². The Morgan fingerprint density at radius 1 is 1.47 bits per heavy atom. The minimum Gasteiger partial charge on any atom is -0.481 e. The highest BCUT2D eigenvalue weighted by Gasteiger charge is 2.19. The van der Waals surface area contributed by atoms with E-state index in [9.17, 15) is 4.79 Å². The Morgan fingerprint density at radius 2 is 2.12 bits per heavy atom. The van der Waals surface area contributed by atoms with Gasteiger partial charge < -0.3 is 9.84 Å². The lowest BCUT2D eigenvalue weighted by atomic mass is 10.1. The highest BCUT2D eigenvalue weighted by atomic mass is 35.5. The zero-order valence-corrected chi connectivity index (χ0v) is 11.1. The number of carbonyl (C=O) groups is 1. The standard InChI is InChI=1S/C11H17Cl2NO3/c12-7-9(13)8-14-4-1-10(2-5-14)17-6-3-11(15)16/h7,10H,1-6,8H2,(H,15,16). The van der Waals surface area contributed by atoms with Crippen molar-refractivity contribution in [2.75, 3.05) is 26.2 Å². The second-order valence-corrected chi connectivity index (χ2v) is 4.75. The minimum absolute atomic E-state index is 0.0705. The van der Waals surface area contributed by atoms with Crippen LogP contribution < -0.4 is 0 Å². The van der Waals surface area contributed by atoms with Crippen LogP contribution in [-0.4, -0.2) is 48.3 Å². The number of rotatable bonds is 6. The number of hydrogen-bond donors (Lipinski definition) is 1. The SMILES string of the molecule is O=C(O)CCOC1CCN(CC(Cl)=CCl)CC1. The van der Waals surface area contributed by atoms with Crippen molar-refractivity contribution in [1.29, 1.82) is 0 Å². The summed E-state index contributed by atoms with van der Waals surface area (Å²) in [7, 11) is 0. The number of likely N-dealkylation sites (tertiary alicyclic amines) is 1. The van der Waals surface area contributed by atoms with Crippen LogP contribution in [-0.2, 0) is 9.53 Å². The molecule has 1 N–H and O–H groups in total. The number of carboxylic acid groups (broad SMARTS) is 1. The van der Waals surface area contributed by atoms with Crippen LogP contribution in [0.15, 0.2) is 10.6 Å². The maximum atomic E-state index is 10.3. The van der Waals surface area contributed by atoms with E-state index in [0.29, 0.717) is 18.2 Å². The molecular formula is C11H17Cl2NO3. The second-order valence-electron chi connectivity index (χ2n) is 4.05. The lowest BCUT2D eigenvalue weighted by molar-refractivity contribution is -0.138. The summed E-state index contributed by atoms with van der Waals surface area (Å²) in [5, 5.41) is 9.13. The molecule has 0 aliphatic carbocycles. The maximum Gasteiger partial charge on any atom is 0.305 e. The largest absolute Gasteiger partial charge is 0.481 e. The molecule has 1 saturated heterocycles. The summed E-state index contributed by atoms with van der Waals surface area (Å²) in [6, 6.07) is 0. The molecule has 1 heterocycles. The van der Waals surface area contributed by atoms with Crippen LogP contribution in [0, 0.1) is 0 Å². The van der Waals surface area contributed by atoms with E-state index in [1.54, 1.807) is 0 Å². The number of nitrogens with zero attached hydrogens (tertiary/aromatic N) is 1. The van der Waals surface area contributed by atoms with E-state index in [4.69, 9.17) is 33.0 Å². The van der Waals surface area contributed by atoms with Gasteiger partial charge in [-0.15, -0.1) is 0 Å². The van der Waals surface area contributed by atoms with Crippen molar-refractivity contribution in [3.63, 3.8) is 0 Å². The summed E-state index contributed by atoms with van der Waals surface area (Å²) in [6.07, 6.45) is 2.06. The smallest absolute Gasteiger partial charge is 0.305 e. The third kappa shape index (κ3) is 6.27. The van der Waals surface area contributed by atoms with Crippen LogP contribution in [0.3, 0.4) is 0 Å². The van der Waals surface area contributed by atoms with Crippen LogP contribution >= 0.6 is 23.2 Å². The third-order valence-corrected chi connectivity index (χ3v) is 3.30. The molecule has 0 saturated carbocycles. The van der Waals surface area contributed by atoms with Crippen molar-refractivity contribution in [2.45, 2.75) is 25.4 Å². The first-order valence-corrected chi connectivity index (χ1v) is 6.43. The molecule has 0 atom stereocenters. The summed E-state index contributed by atoms with van der Waals surface area (Å²) in [5.74, 6) is -0.818. The summed E-state index contributed by atoms with van der Waals surface area (Å²) >= 11 is 11.3. The van der Waals surface area contributed by atoms with Crippen molar-refractivity contribution >= 4 is 29.2 Å². The van der Waals surface area contributed by atoms with Gasteiger partial charge in [-0.2, -0.15) is 0 Å². The van der Waals surface area contributed by atoms with E-state index in [0.717, 1.165) is 25.9 Å². The van der Waals surface area contributed by atoms with Gasteiger partial charge in [0.05, 0.1) is 19.1 Å². The molecule has 0 unspecified atom stereocenters. The Morgan fingerprint density at radius 3 is 2.65 bits per heavy atom. The van der Waals surface area contributed by atoms with Crippen molar-refractivity contribution in [2.24, 2.45) is 0 Å². The molecule has 0 amide bonds. The van der Waals surface area contributed by atoms with Gasteiger partial charge >= 0.3 is 5.97 Å². The van der Waals surface area contributed by atoms with Crippen LogP contribution in [0.5, 0.6) is 0 Å². The summed E-state index contributed by atoms with van der Waals surface area (Å²) < 4.78 is 5.49. The number of halogens is 2. The van der Waals surface area contributed by atoms with Gasteiger partial charge in [0.15, 0.2) is 0 Å². The molecule has 0 radical (unpaired) electrons. The predicted molar refractivity (Wildman–Crippen MR) is 67.5 cm³/mol. The minimum atomic E-state index is -0.818. The molecule has 1 aliphatic rings. The average Bonchev–Trinajstić information content (AvgIpc) is 2.31. The Balaban J connectivity index is 2.15. The number of aliphatic carboxylic acids is 1. The highest BCUT2D eigenvalue weighted by molar-refractivity contribution is 6.36. The molecule has 6 heteroatoms. The second kappa shape index (κ2) is 7.93. The molecule has 0 aromatic carbocycles. The molecule has 0 spiro atoms. The van der Waals surface area contributed by atoms with Crippen LogP contribution in [0.25, 0.3) is 0 Å². The number of ether oxygens (including phenoxy) is 1.